The summed E-state index contributed by atoms with van der Waals surface area (Å²) >= 11 is 0. The van der Waals surface area contributed by atoms with Crippen molar-refractivity contribution >= 4 is 0 Å². The molecule has 27 heavy (non-hydrogen) atoms. The lowest BCUT2D eigenvalue weighted by Crippen LogP contribution is -2.20. The number of aliphatic hydroxyl groups is 3. The molecule has 0 saturated heterocycles. The summed E-state index contributed by atoms with van der Waals surface area (Å²) in [5, 5.41) is 44.4. The number of aromatic amines is 1. The van der Waals surface area contributed by atoms with Crippen molar-refractivity contribution in [2.75, 3.05) is 0 Å². The highest BCUT2D eigenvalue weighted by molar-refractivity contribution is 5.06. The molecule has 0 aliphatic heterocycles. The molecule has 1 aliphatic rings. The molecule has 0 radical (unpaired) electrons. The van der Waals surface area contributed by atoms with Crippen molar-refractivity contribution in [1.29, 1.82) is 0 Å². The van der Waals surface area contributed by atoms with E-state index in [0.717, 1.165) is 57.2 Å². The van der Waals surface area contributed by atoms with Crippen LogP contribution in [0.25, 0.3) is 0 Å². The summed E-state index contributed by atoms with van der Waals surface area (Å²) in [5.74, 6) is 0.609. The number of hydrogen-bond donors (Lipinski definition) is 4. The van der Waals surface area contributed by atoms with Gasteiger partial charge in [0, 0.05) is 18.8 Å². The van der Waals surface area contributed by atoms with Crippen LogP contribution in [0.5, 0.6) is 0 Å². The van der Waals surface area contributed by atoms with Crippen molar-refractivity contribution in [3.8, 4) is 0 Å². The van der Waals surface area contributed by atoms with Gasteiger partial charge in [-0.1, -0.05) is 55.7 Å². The maximum atomic E-state index is 10.3. The molecule has 0 amide bonds. The zero-order valence-corrected chi connectivity index (χ0v) is 16.2. The molecule has 0 bridgehead atoms. The summed E-state index contributed by atoms with van der Waals surface area (Å²) in [6, 6.07) is 0. The van der Waals surface area contributed by atoms with Gasteiger partial charge in [0.25, 0.3) is 0 Å². The number of aryl methyl sites for hydroxylation is 1. The van der Waals surface area contributed by atoms with Crippen molar-refractivity contribution in [2.45, 2.75) is 83.0 Å². The van der Waals surface area contributed by atoms with Gasteiger partial charge in [-0.3, -0.25) is 0 Å². The minimum Gasteiger partial charge on any atom is -0.393 e. The third-order valence-electron chi connectivity index (χ3n) is 5.31. The molecule has 5 atom stereocenters. The van der Waals surface area contributed by atoms with Crippen LogP contribution in [0.3, 0.4) is 0 Å². The Hall–Kier alpha value is -1.57. The monoisotopic (exact) mass is 378 g/mol. The van der Waals surface area contributed by atoms with E-state index in [9.17, 15) is 15.3 Å². The SMILES string of the molecule is CCCCC[C@@H](O)/C=C/[C@@H]1[C@@H](C/C=C/CCCc2nn[nH]n2)[C@@H](O)C[C@H]1O. The summed E-state index contributed by atoms with van der Waals surface area (Å²) < 4.78 is 0. The van der Waals surface area contributed by atoms with Crippen molar-refractivity contribution in [2.24, 2.45) is 11.8 Å². The number of H-pyrrole nitrogens is 1. The minimum atomic E-state index is -0.546. The standard InChI is InChI=1S/C20H34N4O3/c1-2-3-6-9-15(25)12-13-17-16(18(26)14-19(17)27)10-7-4-5-8-11-20-21-23-24-22-20/h4,7,12-13,15-19,25-27H,2-3,5-6,8-11,14H2,1H3,(H,21,22,23,24)/b7-4+,13-12+/t15-,16-,17-,18+,19-/m1/s1. The maximum absolute atomic E-state index is 10.3. The normalized spacial score (nSPS) is 27.1. The molecule has 1 heterocycles. The van der Waals surface area contributed by atoms with Crippen molar-refractivity contribution < 1.29 is 15.3 Å². The van der Waals surface area contributed by atoms with Crippen molar-refractivity contribution in [3.05, 3.63) is 30.1 Å². The van der Waals surface area contributed by atoms with E-state index in [1.807, 2.05) is 6.08 Å². The zero-order chi connectivity index (χ0) is 19.5. The number of allylic oxidation sites excluding steroid dienone is 2. The number of nitrogens with zero attached hydrogens (tertiary/aromatic N) is 3. The first-order chi connectivity index (χ1) is 13.1. The van der Waals surface area contributed by atoms with E-state index >= 15 is 0 Å². The fourth-order valence-corrected chi connectivity index (χ4v) is 3.70. The van der Waals surface area contributed by atoms with Gasteiger partial charge in [0.2, 0.25) is 0 Å². The van der Waals surface area contributed by atoms with E-state index in [0.29, 0.717) is 6.42 Å². The number of nitrogens with one attached hydrogen (secondary N) is 1. The van der Waals surface area contributed by atoms with E-state index in [1.54, 1.807) is 6.08 Å². The predicted molar refractivity (Wildman–Crippen MR) is 104 cm³/mol. The van der Waals surface area contributed by atoms with Crippen molar-refractivity contribution in [3.63, 3.8) is 0 Å². The third-order valence-corrected chi connectivity index (χ3v) is 5.31. The molecule has 1 aromatic rings. The first kappa shape index (κ1) is 21.7. The molecule has 1 aromatic heterocycles. The Bertz CT molecular complexity index is 562. The van der Waals surface area contributed by atoms with E-state index in [1.165, 1.54) is 0 Å². The lowest BCUT2D eigenvalue weighted by molar-refractivity contribution is 0.120. The van der Waals surface area contributed by atoms with E-state index in [2.05, 4.69) is 39.7 Å². The van der Waals surface area contributed by atoms with Gasteiger partial charge in [0.05, 0.1) is 18.3 Å². The van der Waals surface area contributed by atoms with Gasteiger partial charge in [-0.2, -0.15) is 5.21 Å². The van der Waals surface area contributed by atoms with Gasteiger partial charge in [0.15, 0.2) is 5.82 Å². The maximum Gasteiger partial charge on any atom is 0.174 e. The van der Waals surface area contributed by atoms with Gasteiger partial charge < -0.3 is 15.3 Å². The second-order valence-corrected chi connectivity index (χ2v) is 7.49. The Morgan fingerprint density at radius 1 is 1.19 bits per heavy atom. The zero-order valence-electron chi connectivity index (χ0n) is 16.2. The van der Waals surface area contributed by atoms with Crippen LogP contribution in [0.1, 0.15) is 64.1 Å². The number of unbranched alkanes of at least 4 members (excludes halogenated alkanes) is 3. The second-order valence-electron chi connectivity index (χ2n) is 7.49. The van der Waals surface area contributed by atoms with Gasteiger partial charge in [-0.05, 0) is 31.6 Å². The van der Waals surface area contributed by atoms with E-state index < -0.39 is 18.3 Å². The van der Waals surface area contributed by atoms with Crippen LogP contribution in [-0.2, 0) is 6.42 Å². The first-order valence-electron chi connectivity index (χ1n) is 10.2. The summed E-state index contributed by atoms with van der Waals surface area (Å²) in [6.07, 6.45) is 14.2. The van der Waals surface area contributed by atoms with Crippen LogP contribution < -0.4 is 0 Å². The smallest absolute Gasteiger partial charge is 0.174 e. The topological polar surface area (TPSA) is 115 Å². The number of aliphatic hydroxyl groups excluding tert-OH is 3. The molecule has 0 aromatic carbocycles. The largest absolute Gasteiger partial charge is 0.393 e. The van der Waals surface area contributed by atoms with E-state index in [4.69, 9.17) is 0 Å². The highest BCUT2D eigenvalue weighted by Crippen LogP contribution is 2.36. The quantitative estimate of drug-likeness (QED) is 0.328. The highest BCUT2D eigenvalue weighted by atomic mass is 16.3. The lowest BCUT2D eigenvalue weighted by atomic mass is 9.89. The molecular formula is C20H34N4O3. The third kappa shape index (κ3) is 7.52. The van der Waals surface area contributed by atoms with Gasteiger partial charge in [-0.15, -0.1) is 10.2 Å². The fraction of sp³-hybridized carbons (Fsp3) is 0.750. The van der Waals surface area contributed by atoms with Crippen LogP contribution in [0.2, 0.25) is 0 Å². The van der Waals surface area contributed by atoms with Gasteiger partial charge in [-0.25, -0.2) is 0 Å². The Morgan fingerprint density at radius 3 is 2.78 bits per heavy atom. The Labute approximate surface area is 161 Å². The van der Waals surface area contributed by atoms with Crippen LogP contribution in [0, 0.1) is 11.8 Å². The molecule has 152 valence electrons. The second kappa shape index (κ2) is 12.0. The van der Waals surface area contributed by atoms with Gasteiger partial charge >= 0.3 is 0 Å². The lowest BCUT2D eigenvalue weighted by Gasteiger charge is -2.19. The van der Waals surface area contributed by atoms with Gasteiger partial charge in [0.1, 0.15) is 0 Å². The summed E-state index contributed by atoms with van der Waals surface area (Å²) in [4.78, 5) is 0. The first-order valence-corrected chi connectivity index (χ1v) is 10.2. The molecule has 0 unspecified atom stereocenters. The number of tetrazole rings is 1. The number of hydrogen-bond acceptors (Lipinski definition) is 6. The predicted octanol–water partition coefficient (Wildman–Crippen LogP) is 2.32. The van der Waals surface area contributed by atoms with Crippen LogP contribution in [0.15, 0.2) is 24.3 Å². The molecule has 1 fully saturated rings. The molecule has 1 saturated carbocycles. The summed E-state index contributed by atoms with van der Waals surface area (Å²) in [5.41, 5.74) is 0. The summed E-state index contributed by atoms with van der Waals surface area (Å²) in [6.45, 7) is 2.14. The summed E-state index contributed by atoms with van der Waals surface area (Å²) in [7, 11) is 0. The Kier molecular flexibility index (Phi) is 9.66. The molecule has 4 N–H and O–H groups in total. The van der Waals surface area contributed by atoms with E-state index in [-0.39, 0.29) is 11.8 Å². The van der Waals surface area contributed by atoms with Crippen LogP contribution >= 0.6 is 0 Å². The van der Waals surface area contributed by atoms with Crippen molar-refractivity contribution in [1.82, 2.24) is 20.6 Å². The molecule has 7 nitrogen and oxygen atoms in total. The average molecular weight is 379 g/mol. The Balaban J connectivity index is 1.75. The number of aromatic nitrogens is 4. The van der Waals surface area contributed by atoms with Crippen LogP contribution in [0.4, 0.5) is 0 Å². The molecule has 2 rings (SSSR count). The Morgan fingerprint density at radius 2 is 2.04 bits per heavy atom. The molecular weight excluding hydrogens is 344 g/mol. The number of rotatable bonds is 12. The fourth-order valence-electron chi connectivity index (χ4n) is 3.70. The highest BCUT2D eigenvalue weighted by Gasteiger charge is 2.39. The molecule has 7 heteroatoms. The molecule has 1 aliphatic carbocycles. The van der Waals surface area contributed by atoms with Crippen LogP contribution in [-0.4, -0.2) is 54.3 Å². The minimum absolute atomic E-state index is 0.00690. The average Bonchev–Trinajstić information content (AvgIpc) is 3.24. The molecule has 0 spiro atoms.